The van der Waals surface area contributed by atoms with Gasteiger partial charge in [0.2, 0.25) is 5.91 Å². The molecule has 1 fully saturated rings. The molecular weight excluding hydrogens is 803 g/mol. The maximum Gasteiger partial charge on any atom is 0.397 e. The zero-order valence-electron chi connectivity index (χ0n) is 38.1. The normalized spacial score (nSPS) is 21.3. The topological polar surface area (TPSA) is 212 Å². The summed E-state index contributed by atoms with van der Waals surface area (Å²) in [7, 11) is -5.12. The van der Waals surface area contributed by atoms with E-state index in [1.54, 1.807) is 6.08 Å². The minimum atomic E-state index is -5.12. The molecule has 0 spiro atoms. The summed E-state index contributed by atoms with van der Waals surface area (Å²) >= 11 is 0. The zero-order valence-corrected chi connectivity index (χ0v) is 38.9. The van der Waals surface area contributed by atoms with Crippen LogP contribution >= 0.6 is 0 Å². The Morgan fingerprint density at radius 1 is 0.672 bits per heavy atom. The number of unbranched alkanes of at least 4 members (excludes halogenated alkanes) is 25. The molecule has 7 N–H and O–H groups in total. The van der Waals surface area contributed by atoms with Crippen LogP contribution in [0, 0.1) is 0 Å². The third kappa shape index (κ3) is 30.3. The van der Waals surface area contributed by atoms with Gasteiger partial charge in [0.1, 0.15) is 30.5 Å². The molecular formula is C47H89NO12S. The van der Waals surface area contributed by atoms with Gasteiger partial charge < -0.3 is 40.3 Å². The maximum absolute atomic E-state index is 13.1. The van der Waals surface area contributed by atoms with Crippen LogP contribution in [0.3, 0.4) is 0 Å². The quantitative estimate of drug-likeness (QED) is 0.0175. The number of allylic oxidation sites excluding steroid dienone is 3. The first-order valence-corrected chi connectivity index (χ1v) is 25.7. The van der Waals surface area contributed by atoms with Crippen LogP contribution in [0.25, 0.3) is 0 Å². The fourth-order valence-electron chi connectivity index (χ4n) is 7.74. The van der Waals surface area contributed by atoms with Gasteiger partial charge in [0.05, 0.1) is 25.4 Å². The van der Waals surface area contributed by atoms with Crippen molar-refractivity contribution in [1.82, 2.24) is 5.32 Å². The van der Waals surface area contributed by atoms with E-state index in [2.05, 4.69) is 35.5 Å². The Bertz CT molecular complexity index is 1200. The van der Waals surface area contributed by atoms with E-state index >= 15 is 0 Å². The van der Waals surface area contributed by atoms with Crippen molar-refractivity contribution in [2.24, 2.45) is 0 Å². The van der Waals surface area contributed by atoms with Gasteiger partial charge in [-0.15, -0.1) is 0 Å². The molecule has 13 nitrogen and oxygen atoms in total. The van der Waals surface area contributed by atoms with Crippen molar-refractivity contribution in [3.63, 3.8) is 0 Å². The lowest BCUT2D eigenvalue weighted by molar-refractivity contribution is -0.298. The van der Waals surface area contributed by atoms with Crippen LogP contribution < -0.4 is 5.32 Å². The molecule has 360 valence electrons. The van der Waals surface area contributed by atoms with Crippen LogP contribution in [-0.4, -0.2) is 107 Å². The molecule has 0 bridgehead atoms. The standard InChI is InChI=1S/C47H89NO12S/c1-3-5-7-9-11-13-15-17-18-19-20-21-22-23-24-26-27-29-31-33-35-40(50)39(38-58-47-44(53)45(60-61(55,56)57)43(52)42(37-49)59-47)48-46(54)41(51)36-34-32-30-28-25-16-14-12-10-8-6-4-2/h25,28,32,34,39-45,47,49-53H,3-24,26-27,29-31,33,35-38H2,1-2H3,(H,48,54)(H,55,56,57)/b28-25-,34-32-. The first kappa shape index (κ1) is 57.6. The molecule has 1 rings (SSSR count). The largest absolute Gasteiger partial charge is 0.397 e. The second-order valence-corrected chi connectivity index (χ2v) is 18.3. The van der Waals surface area contributed by atoms with Gasteiger partial charge in [0.25, 0.3) is 0 Å². The van der Waals surface area contributed by atoms with Crippen LogP contribution in [0.5, 0.6) is 0 Å². The summed E-state index contributed by atoms with van der Waals surface area (Å²) < 4.78 is 47.6. The number of carbonyl (C=O) groups excluding carboxylic acids is 1. The minimum Gasteiger partial charge on any atom is -0.394 e. The number of hydrogen-bond acceptors (Lipinski definition) is 11. The predicted octanol–water partition coefficient (Wildman–Crippen LogP) is 8.69. The molecule has 0 aromatic rings. The Labute approximate surface area is 370 Å². The Kier molecular flexibility index (Phi) is 35.7. The molecule has 1 amide bonds. The Morgan fingerprint density at radius 3 is 1.61 bits per heavy atom. The summed E-state index contributed by atoms with van der Waals surface area (Å²) in [4.78, 5) is 13.1. The zero-order chi connectivity index (χ0) is 45.0. The Morgan fingerprint density at radius 2 is 1.13 bits per heavy atom. The van der Waals surface area contributed by atoms with Crippen LogP contribution in [0.15, 0.2) is 24.3 Å². The van der Waals surface area contributed by atoms with E-state index in [0.717, 1.165) is 32.1 Å². The molecule has 0 saturated carbocycles. The van der Waals surface area contributed by atoms with Gasteiger partial charge in [0.15, 0.2) is 6.29 Å². The third-order valence-corrected chi connectivity index (χ3v) is 12.1. The van der Waals surface area contributed by atoms with Crippen molar-refractivity contribution in [2.75, 3.05) is 13.2 Å². The highest BCUT2D eigenvalue weighted by Gasteiger charge is 2.48. The van der Waals surface area contributed by atoms with Crippen molar-refractivity contribution in [3.05, 3.63) is 24.3 Å². The lowest BCUT2D eigenvalue weighted by Gasteiger charge is -2.41. The first-order valence-electron chi connectivity index (χ1n) is 24.3. The molecule has 0 aliphatic carbocycles. The molecule has 0 aromatic heterocycles. The second-order valence-electron chi connectivity index (χ2n) is 17.2. The van der Waals surface area contributed by atoms with Gasteiger partial charge in [0, 0.05) is 6.42 Å². The molecule has 8 unspecified atom stereocenters. The maximum atomic E-state index is 13.1. The number of carbonyl (C=O) groups is 1. The molecule has 1 saturated heterocycles. The number of hydrogen-bond donors (Lipinski definition) is 7. The van der Waals surface area contributed by atoms with E-state index in [9.17, 15) is 43.3 Å². The Balaban J connectivity index is 2.53. The summed E-state index contributed by atoms with van der Waals surface area (Å²) in [5, 5.41) is 55.3. The van der Waals surface area contributed by atoms with Gasteiger partial charge in [-0.05, 0) is 25.7 Å². The lowest BCUT2D eigenvalue weighted by atomic mass is 9.99. The Hall–Kier alpha value is -1.46. The van der Waals surface area contributed by atoms with Crippen molar-refractivity contribution in [1.29, 1.82) is 0 Å². The molecule has 0 aromatic carbocycles. The van der Waals surface area contributed by atoms with E-state index in [0.29, 0.717) is 19.3 Å². The molecule has 8 atom stereocenters. The molecule has 61 heavy (non-hydrogen) atoms. The third-order valence-electron chi connectivity index (χ3n) is 11.6. The summed E-state index contributed by atoms with van der Waals surface area (Å²) in [6.07, 6.45) is 31.0. The van der Waals surface area contributed by atoms with Crippen LogP contribution in [0.1, 0.15) is 206 Å². The van der Waals surface area contributed by atoms with E-state index < -0.39 is 78.5 Å². The van der Waals surface area contributed by atoms with E-state index in [1.165, 1.54) is 135 Å². The first-order chi connectivity index (χ1) is 29.4. The number of aliphatic hydroxyl groups is 5. The fraction of sp³-hybridized carbons (Fsp3) is 0.894. The van der Waals surface area contributed by atoms with Crippen molar-refractivity contribution in [2.45, 2.75) is 255 Å². The van der Waals surface area contributed by atoms with E-state index in [1.807, 2.05) is 6.08 Å². The van der Waals surface area contributed by atoms with Gasteiger partial charge >= 0.3 is 10.4 Å². The number of rotatable bonds is 41. The monoisotopic (exact) mass is 892 g/mol. The van der Waals surface area contributed by atoms with Gasteiger partial charge in [-0.1, -0.05) is 199 Å². The molecule has 0 radical (unpaired) electrons. The highest BCUT2D eigenvalue weighted by Crippen LogP contribution is 2.26. The highest BCUT2D eigenvalue weighted by atomic mass is 32.3. The minimum absolute atomic E-state index is 0.0509. The number of amides is 1. The van der Waals surface area contributed by atoms with E-state index in [-0.39, 0.29) is 6.42 Å². The second kappa shape index (κ2) is 37.9. The molecule has 14 heteroatoms. The fourth-order valence-corrected chi connectivity index (χ4v) is 8.25. The van der Waals surface area contributed by atoms with Crippen molar-refractivity contribution < 1.29 is 57.0 Å². The predicted molar refractivity (Wildman–Crippen MR) is 242 cm³/mol. The summed E-state index contributed by atoms with van der Waals surface area (Å²) in [5.41, 5.74) is 0. The average Bonchev–Trinajstić information content (AvgIpc) is 3.23. The van der Waals surface area contributed by atoms with Gasteiger partial charge in [-0.25, -0.2) is 4.18 Å². The average molecular weight is 892 g/mol. The van der Waals surface area contributed by atoms with Crippen molar-refractivity contribution in [3.8, 4) is 0 Å². The van der Waals surface area contributed by atoms with Crippen LogP contribution in [0.4, 0.5) is 0 Å². The summed E-state index contributed by atoms with van der Waals surface area (Å²) in [6.45, 7) is 3.24. The van der Waals surface area contributed by atoms with Crippen LogP contribution in [-0.2, 0) is 28.9 Å². The number of aliphatic hydroxyl groups excluding tert-OH is 5. The lowest BCUT2D eigenvalue weighted by Crippen LogP contribution is -2.61. The summed E-state index contributed by atoms with van der Waals surface area (Å²) in [6, 6.07) is -1.06. The SMILES string of the molecule is CCCCCCCC/C=C\C/C=C\CC(O)C(=O)NC(COC1OC(CO)C(O)C(OS(=O)(=O)O)C1O)C(O)CCCCCCCCCCCCCCCCCCCCCC. The summed E-state index contributed by atoms with van der Waals surface area (Å²) in [5.74, 6) is -0.735. The van der Waals surface area contributed by atoms with Gasteiger partial charge in [-0.3, -0.25) is 9.35 Å². The molecule has 1 heterocycles. The van der Waals surface area contributed by atoms with Crippen LogP contribution in [0.2, 0.25) is 0 Å². The number of nitrogens with one attached hydrogen (secondary N) is 1. The van der Waals surface area contributed by atoms with Gasteiger partial charge in [-0.2, -0.15) is 8.42 Å². The smallest absolute Gasteiger partial charge is 0.394 e. The highest BCUT2D eigenvalue weighted by molar-refractivity contribution is 7.80. The molecule has 1 aliphatic heterocycles. The van der Waals surface area contributed by atoms with Crippen molar-refractivity contribution >= 4 is 16.3 Å². The van der Waals surface area contributed by atoms with E-state index in [4.69, 9.17) is 9.47 Å². The number of ether oxygens (including phenoxy) is 2. The molecule has 1 aliphatic rings.